The maximum Gasteiger partial charge on any atom is 0.251 e. The number of thiazole rings is 1. The molecule has 2 heterocycles. The minimum absolute atomic E-state index is 0.0319. The molecule has 4 aromatic rings. The van der Waals surface area contributed by atoms with Crippen molar-refractivity contribution in [2.24, 2.45) is 0 Å². The van der Waals surface area contributed by atoms with Crippen LogP contribution in [-0.4, -0.2) is 15.9 Å². The number of aromatic nitrogens is 2. The van der Waals surface area contributed by atoms with Crippen LogP contribution in [0.15, 0.2) is 60.8 Å². The monoisotopic (exact) mass is 385 g/mol. The highest BCUT2D eigenvalue weighted by atomic mass is 32.1. The number of carbonyl (C=O) groups excluding carboxylic acids is 1. The van der Waals surface area contributed by atoms with Gasteiger partial charge in [-0.3, -0.25) is 9.78 Å². The third-order valence-corrected chi connectivity index (χ3v) is 6.31. The van der Waals surface area contributed by atoms with E-state index in [-0.39, 0.29) is 11.9 Å². The molecule has 0 radical (unpaired) electrons. The summed E-state index contributed by atoms with van der Waals surface area (Å²) in [7, 11) is 0. The minimum atomic E-state index is -0.0319. The Labute approximate surface area is 167 Å². The number of nitrogens with zero attached hydrogens (tertiary/aromatic N) is 2. The number of carbonyl (C=O) groups is 1. The van der Waals surface area contributed by atoms with Crippen LogP contribution >= 0.6 is 11.3 Å². The predicted molar refractivity (Wildman–Crippen MR) is 113 cm³/mol. The molecule has 2 aromatic carbocycles. The lowest BCUT2D eigenvalue weighted by Gasteiger charge is -2.14. The summed E-state index contributed by atoms with van der Waals surface area (Å²) < 4.78 is 1.01. The fourth-order valence-electron chi connectivity index (χ4n) is 3.73. The van der Waals surface area contributed by atoms with Crippen molar-refractivity contribution in [3.63, 3.8) is 0 Å². The van der Waals surface area contributed by atoms with Crippen LogP contribution < -0.4 is 5.32 Å². The molecule has 5 heteroatoms. The highest BCUT2D eigenvalue weighted by Gasteiger charge is 2.24. The summed E-state index contributed by atoms with van der Waals surface area (Å²) in [6.45, 7) is 1.97. The van der Waals surface area contributed by atoms with Gasteiger partial charge in [-0.25, -0.2) is 4.98 Å². The molecule has 0 unspecified atom stereocenters. The minimum Gasteiger partial charge on any atom is -0.345 e. The molecular formula is C23H19N3OS. The van der Waals surface area contributed by atoms with Gasteiger partial charge in [0.1, 0.15) is 5.01 Å². The zero-order valence-electron chi connectivity index (χ0n) is 15.5. The van der Waals surface area contributed by atoms with Crippen LogP contribution in [0.3, 0.4) is 0 Å². The van der Waals surface area contributed by atoms with E-state index in [1.165, 1.54) is 11.1 Å². The lowest BCUT2D eigenvalue weighted by molar-refractivity contribution is 0.0937. The van der Waals surface area contributed by atoms with E-state index in [2.05, 4.69) is 28.5 Å². The summed E-state index contributed by atoms with van der Waals surface area (Å²) >= 11 is 1.59. The fraction of sp³-hybridized carbons (Fsp3) is 0.174. The molecule has 1 amide bonds. The second-order valence-electron chi connectivity index (χ2n) is 7.15. The molecule has 0 aliphatic heterocycles. The molecule has 0 spiro atoms. The van der Waals surface area contributed by atoms with E-state index in [4.69, 9.17) is 4.98 Å². The van der Waals surface area contributed by atoms with Crippen molar-refractivity contribution in [3.05, 3.63) is 83.2 Å². The maximum atomic E-state index is 12.8. The summed E-state index contributed by atoms with van der Waals surface area (Å²) in [4.78, 5) is 21.9. The summed E-state index contributed by atoms with van der Waals surface area (Å²) in [5.41, 5.74) is 6.14. The highest BCUT2D eigenvalue weighted by Crippen LogP contribution is 2.32. The zero-order chi connectivity index (χ0) is 19.1. The Bertz CT molecular complexity index is 1180. The lowest BCUT2D eigenvalue weighted by atomic mass is 10.1. The van der Waals surface area contributed by atoms with E-state index in [1.807, 2.05) is 49.5 Å². The largest absolute Gasteiger partial charge is 0.345 e. The van der Waals surface area contributed by atoms with Gasteiger partial charge < -0.3 is 5.32 Å². The van der Waals surface area contributed by atoms with Crippen molar-refractivity contribution in [2.75, 3.05) is 0 Å². The molecule has 0 saturated carbocycles. The average molecular weight is 385 g/mol. The molecule has 138 valence electrons. The Balaban J connectivity index is 1.40. The number of pyridine rings is 1. The van der Waals surface area contributed by atoms with E-state index in [1.54, 1.807) is 11.3 Å². The molecule has 1 aliphatic rings. The van der Waals surface area contributed by atoms with Crippen molar-refractivity contribution in [1.82, 2.24) is 15.3 Å². The average Bonchev–Trinajstić information content (AvgIpc) is 3.32. The maximum absolute atomic E-state index is 12.8. The van der Waals surface area contributed by atoms with Gasteiger partial charge in [-0.15, -0.1) is 11.3 Å². The van der Waals surface area contributed by atoms with Crippen molar-refractivity contribution in [1.29, 1.82) is 0 Å². The van der Waals surface area contributed by atoms with Gasteiger partial charge in [0.05, 0.1) is 16.3 Å². The van der Waals surface area contributed by atoms with E-state index >= 15 is 0 Å². The van der Waals surface area contributed by atoms with Crippen molar-refractivity contribution in [3.8, 4) is 10.6 Å². The van der Waals surface area contributed by atoms with Gasteiger partial charge in [0.2, 0.25) is 0 Å². The first-order valence-electron chi connectivity index (χ1n) is 9.40. The summed E-state index contributed by atoms with van der Waals surface area (Å²) in [5, 5.41) is 4.12. The summed E-state index contributed by atoms with van der Waals surface area (Å²) in [6.07, 6.45) is 3.82. The second kappa shape index (κ2) is 6.84. The van der Waals surface area contributed by atoms with Gasteiger partial charge in [0.15, 0.2) is 0 Å². The van der Waals surface area contributed by atoms with Crippen LogP contribution in [0.2, 0.25) is 0 Å². The molecule has 2 aromatic heterocycles. The Morgan fingerprint density at radius 3 is 2.89 bits per heavy atom. The lowest BCUT2D eigenvalue weighted by Crippen LogP contribution is -2.27. The second-order valence-corrected chi connectivity index (χ2v) is 8.18. The third kappa shape index (κ3) is 3.08. The Morgan fingerprint density at radius 2 is 2.04 bits per heavy atom. The number of nitrogens with one attached hydrogen (secondary N) is 1. The first kappa shape index (κ1) is 17.1. The van der Waals surface area contributed by atoms with E-state index in [9.17, 15) is 4.79 Å². The number of amides is 1. The Morgan fingerprint density at radius 1 is 1.14 bits per heavy atom. The van der Waals surface area contributed by atoms with E-state index in [0.717, 1.165) is 39.3 Å². The standard InChI is InChI=1S/C23H19N3OS/c1-14-6-7-17(13-24-14)23-26-20-11-9-16(12-21(20)28-23)22(27)25-19-10-8-15-4-2-3-5-18(15)19/h2-7,9,11-13,19H,8,10H2,1H3,(H,25,27)/t19-/m1/s1. The van der Waals surface area contributed by atoms with Crippen molar-refractivity contribution >= 4 is 27.5 Å². The molecule has 0 fully saturated rings. The SMILES string of the molecule is Cc1ccc(-c2nc3ccc(C(=O)N[C@@H]4CCc5ccccc54)cc3s2)cn1. The van der Waals surface area contributed by atoms with Crippen molar-refractivity contribution in [2.45, 2.75) is 25.8 Å². The van der Waals surface area contributed by atoms with Crippen LogP contribution in [0, 0.1) is 6.92 Å². The fourth-order valence-corrected chi connectivity index (χ4v) is 4.73. The van der Waals surface area contributed by atoms with Gasteiger partial charge in [0, 0.05) is 23.0 Å². The van der Waals surface area contributed by atoms with E-state index < -0.39 is 0 Å². The molecule has 28 heavy (non-hydrogen) atoms. The Kier molecular flexibility index (Phi) is 4.17. The molecular weight excluding hydrogens is 366 g/mol. The Hall–Kier alpha value is -3.05. The smallest absolute Gasteiger partial charge is 0.251 e. The van der Waals surface area contributed by atoms with E-state index in [0.29, 0.717) is 5.56 Å². The first-order valence-corrected chi connectivity index (χ1v) is 10.2. The molecule has 5 rings (SSSR count). The van der Waals surface area contributed by atoms with Gasteiger partial charge in [-0.05, 0) is 61.2 Å². The number of benzene rings is 2. The highest BCUT2D eigenvalue weighted by molar-refractivity contribution is 7.21. The van der Waals surface area contributed by atoms with Gasteiger partial charge >= 0.3 is 0 Å². The normalized spacial score (nSPS) is 15.5. The van der Waals surface area contributed by atoms with Crippen LogP contribution in [0.1, 0.15) is 39.6 Å². The first-order chi connectivity index (χ1) is 13.7. The van der Waals surface area contributed by atoms with Crippen LogP contribution in [-0.2, 0) is 6.42 Å². The molecule has 1 N–H and O–H groups in total. The molecule has 0 saturated heterocycles. The van der Waals surface area contributed by atoms with Crippen LogP contribution in [0.4, 0.5) is 0 Å². The predicted octanol–water partition coefficient (Wildman–Crippen LogP) is 5.08. The van der Waals surface area contributed by atoms with Gasteiger partial charge in [-0.1, -0.05) is 24.3 Å². The van der Waals surface area contributed by atoms with Crippen LogP contribution in [0.5, 0.6) is 0 Å². The molecule has 0 bridgehead atoms. The molecule has 1 atom stereocenters. The van der Waals surface area contributed by atoms with Crippen molar-refractivity contribution < 1.29 is 4.79 Å². The quantitative estimate of drug-likeness (QED) is 0.535. The number of fused-ring (bicyclic) bond motifs is 2. The van der Waals surface area contributed by atoms with Gasteiger partial charge in [-0.2, -0.15) is 0 Å². The number of hydrogen-bond acceptors (Lipinski definition) is 4. The molecule has 1 aliphatic carbocycles. The third-order valence-electron chi connectivity index (χ3n) is 5.25. The molecule has 4 nitrogen and oxygen atoms in total. The number of aryl methyl sites for hydroxylation is 2. The number of rotatable bonds is 3. The summed E-state index contributed by atoms with van der Waals surface area (Å²) in [6, 6.07) is 18.2. The number of hydrogen-bond donors (Lipinski definition) is 1. The van der Waals surface area contributed by atoms with Gasteiger partial charge in [0.25, 0.3) is 5.91 Å². The topological polar surface area (TPSA) is 54.9 Å². The van der Waals surface area contributed by atoms with Crippen LogP contribution in [0.25, 0.3) is 20.8 Å². The summed E-state index contributed by atoms with van der Waals surface area (Å²) in [5.74, 6) is -0.0319. The zero-order valence-corrected chi connectivity index (χ0v) is 16.3.